The molecule has 0 unspecified atom stereocenters. The molecule has 1 heterocycles. The van der Waals surface area contributed by atoms with E-state index in [0.717, 1.165) is 29.9 Å². The summed E-state index contributed by atoms with van der Waals surface area (Å²) in [6.45, 7) is 14.0. The molecule has 5 heteroatoms. The molecule has 1 amide bonds. The number of likely N-dealkylation sites (tertiary alicyclic amines) is 1. The van der Waals surface area contributed by atoms with E-state index < -0.39 is 5.60 Å². The van der Waals surface area contributed by atoms with Crippen molar-refractivity contribution in [1.29, 1.82) is 0 Å². The molecule has 1 aromatic rings. The van der Waals surface area contributed by atoms with Gasteiger partial charge in [-0.3, -0.25) is 0 Å². The van der Waals surface area contributed by atoms with Crippen molar-refractivity contribution in [3.8, 4) is 11.5 Å². The lowest BCUT2D eigenvalue weighted by Crippen LogP contribution is -2.42. The number of amides is 1. The van der Waals surface area contributed by atoms with Gasteiger partial charge in [-0.15, -0.1) is 0 Å². The first-order chi connectivity index (χ1) is 12.3. The topological polar surface area (TPSA) is 48.0 Å². The summed E-state index contributed by atoms with van der Waals surface area (Å²) in [6.07, 6.45) is 3.39. The fourth-order valence-electron chi connectivity index (χ4n) is 2.86. The minimum atomic E-state index is -0.454. The highest BCUT2D eigenvalue weighted by Crippen LogP contribution is 2.30. The predicted octanol–water partition coefficient (Wildman–Crippen LogP) is 4.75. The molecule has 0 radical (unpaired) electrons. The van der Waals surface area contributed by atoms with Crippen LogP contribution in [0.15, 0.2) is 24.8 Å². The van der Waals surface area contributed by atoms with Crippen molar-refractivity contribution < 1.29 is 19.0 Å². The van der Waals surface area contributed by atoms with E-state index in [9.17, 15) is 4.79 Å². The van der Waals surface area contributed by atoms with E-state index in [1.165, 1.54) is 0 Å². The molecule has 1 aliphatic rings. The van der Waals surface area contributed by atoms with Gasteiger partial charge in [-0.1, -0.05) is 18.7 Å². The van der Waals surface area contributed by atoms with Gasteiger partial charge in [0.2, 0.25) is 0 Å². The van der Waals surface area contributed by atoms with Gasteiger partial charge in [-0.2, -0.15) is 0 Å². The predicted molar refractivity (Wildman–Crippen MR) is 104 cm³/mol. The lowest BCUT2D eigenvalue weighted by Gasteiger charge is -2.33. The summed E-state index contributed by atoms with van der Waals surface area (Å²) in [5, 5.41) is 0. The maximum Gasteiger partial charge on any atom is 0.410 e. The number of rotatable bonds is 6. The third-order valence-electron chi connectivity index (χ3n) is 4.24. The zero-order valence-electron chi connectivity index (χ0n) is 16.4. The quantitative estimate of drug-likeness (QED) is 0.733. The zero-order valence-corrected chi connectivity index (χ0v) is 16.4. The van der Waals surface area contributed by atoms with Gasteiger partial charge in [0.25, 0.3) is 0 Å². The standard InChI is InChI=1S/C21H31NO4/c1-6-16-8-9-18(19(14-16)24-7-2)25-15-17-10-12-22(13-11-17)20(23)26-21(3,4)5/h6,8-9,14,17H,1,7,10-13,15H2,2-5H3. The molecule has 0 bridgehead atoms. The highest BCUT2D eigenvalue weighted by Gasteiger charge is 2.27. The van der Waals surface area contributed by atoms with Gasteiger partial charge in [0.15, 0.2) is 11.5 Å². The Balaban J connectivity index is 1.85. The number of hydrogen-bond acceptors (Lipinski definition) is 4. The van der Waals surface area contributed by atoms with Crippen LogP contribution in [0.3, 0.4) is 0 Å². The summed E-state index contributed by atoms with van der Waals surface area (Å²) in [4.78, 5) is 13.9. The molecule has 0 aromatic heterocycles. The highest BCUT2D eigenvalue weighted by molar-refractivity contribution is 5.68. The van der Waals surface area contributed by atoms with Crippen LogP contribution in [0.5, 0.6) is 11.5 Å². The molecule has 2 rings (SSSR count). The summed E-state index contributed by atoms with van der Waals surface area (Å²) >= 11 is 0. The van der Waals surface area contributed by atoms with Crippen molar-refractivity contribution in [3.63, 3.8) is 0 Å². The monoisotopic (exact) mass is 361 g/mol. The number of piperidine rings is 1. The van der Waals surface area contributed by atoms with Crippen molar-refractivity contribution in [2.24, 2.45) is 5.92 Å². The average molecular weight is 361 g/mol. The first-order valence-electron chi connectivity index (χ1n) is 9.32. The van der Waals surface area contributed by atoms with E-state index >= 15 is 0 Å². The fourth-order valence-corrected chi connectivity index (χ4v) is 2.86. The molecule has 0 saturated carbocycles. The van der Waals surface area contributed by atoms with Gasteiger partial charge in [-0.25, -0.2) is 4.79 Å². The number of carbonyl (C=O) groups is 1. The molecule has 0 aliphatic carbocycles. The number of ether oxygens (including phenoxy) is 3. The minimum absolute atomic E-state index is 0.226. The van der Waals surface area contributed by atoms with Gasteiger partial charge in [0.05, 0.1) is 13.2 Å². The van der Waals surface area contributed by atoms with E-state index in [-0.39, 0.29) is 6.09 Å². The smallest absolute Gasteiger partial charge is 0.410 e. The largest absolute Gasteiger partial charge is 0.490 e. The van der Waals surface area contributed by atoms with Crippen LogP contribution in [0.2, 0.25) is 0 Å². The second-order valence-electron chi connectivity index (χ2n) is 7.57. The summed E-state index contributed by atoms with van der Waals surface area (Å²) in [5.41, 5.74) is 0.552. The number of nitrogens with zero attached hydrogens (tertiary/aromatic N) is 1. The van der Waals surface area contributed by atoms with Gasteiger partial charge >= 0.3 is 6.09 Å². The summed E-state index contributed by atoms with van der Waals surface area (Å²) in [6, 6.07) is 5.84. The number of hydrogen-bond donors (Lipinski definition) is 0. The molecule has 0 atom stereocenters. The third kappa shape index (κ3) is 5.97. The Bertz CT molecular complexity index is 613. The van der Waals surface area contributed by atoms with Crippen LogP contribution >= 0.6 is 0 Å². The van der Waals surface area contributed by atoms with Crippen molar-refractivity contribution in [2.45, 2.75) is 46.1 Å². The first kappa shape index (κ1) is 20.1. The van der Waals surface area contributed by atoms with Crippen molar-refractivity contribution in [2.75, 3.05) is 26.3 Å². The highest BCUT2D eigenvalue weighted by atomic mass is 16.6. The van der Waals surface area contributed by atoms with E-state index in [1.54, 1.807) is 11.0 Å². The number of carbonyl (C=O) groups excluding carboxylic acids is 1. The van der Waals surface area contributed by atoms with Crippen LogP contribution in [0, 0.1) is 5.92 Å². The van der Waals surface area contributed by atoms with E-state index in [1.807, 2.05) is 45.9 Å². The van der Waals surface area contributed by atoms with Gasteiger partial charge in [0, 0.05) is 13.1 Å². The fraction of sp³-hybridized carbons (Fsp3) is 0.571. The van der Waals surface area contributed by atoms with Gasteiger partial charge in [-0.05, 0) is 64.2 Å². The van der Waals surface area contributed by atoms with Crippen LogP contribution in [0.25, 0.3) is 6.08 Å². The molecular formula is C21H31NO4. The van der Waals surface area contributed by atoms with Crippen LogP contribution in [0.1, 0.15) is 46.1 Å². The van der Waals surface area contributed by atoms with E-state index in [2.05, 4.69) is 6.58 Å². The molecule has 144 valence electrons. The summed E-state index contributed by atoms with van der Waals surface area (Å²) < 4.78 is 17.1. The maximum absolute atomic E-state index is 12.1. The van der Waals surface area contributed by atoms with Crippen LogP contribution in [-0.2, 0) is 4.74 Å². The van der Waals surface area contributed by atoms with Crippen LogP contribution < -0.4 is 9.47 Å². The van der Waals surface area contributed by atoms with E-state index in [4.69, 9.17) is 14.2 Å². The summed E-state index contributed by atoms with van der Waals surface area (Å²) in [5.74, 6) is 1.92. The van der Waals surface area contributed by atoms with E-state index in [0.29, 0.717) is 32.2 Å². The first-order valence-corrected chi connectivity index (χ1v) is 9.32. The van der Waals surface area contributed by atoms with Crippen LogP contribution in [0.4, 0.5) is 4.79 Å². The molecule has 5 nitrogen and oxygen atoms in total. The zero-order chi connectivity index (χ0) is 19.2. The molecule has 1 fully saturated rings. The second kappa shape index (κ2) is 8.97. The maximum atomic E-state index is 12.1. The van der Waals surface area contributed by atoms with Crippen molar-refractivity contribution in [1.82, 2.24) is 4.90 Å². The normalized spacial score (nSPS) is 15.5. The molecule has 0 N–H and O–H groups in total. The number of benzene rings is 1. The Morgan fingerprint density at radius 2 is 1.92 bits per heavy atom. The summed E-state index contributed by atoms with van der Waals surface area (Å²) in [7, 11) is 0. The molecule has 1 aliphatic heterocycles. The van der Waals surface area contributed by atoms with Gasteiger partial charge < -0.3 is 19.1 Å². The minimum Gasteiger partial charge on any atom is -0.490 e. The Kier molecular flexibility index (Phi) is 6.95. The molecule has 1 aromatic carbocycles. The lowest BCUT2D eigenvalue weighted by molar-refractivity contribution is 0.0164. The van der Waals surface area contributed by atoms with Crippen molar-refractivity contribution in [3.05, 3.63) is 30.3 Å². The van der Waals surface area contributed by atoms with Gasteiger partial charge in [0.1, 0.15) is 5.60 Å². The Morgan fingerprint density at radius 3 is 2.50 bits per heavy atom. The second-order valence-corrected chi connectivity index (χ2v) is 7.57. The Morgan fingerprint density at radius 1 is 1.23 bits per heavy atom. The third-order valence-corrected chi connectivity index (χ3v) is 4.24. The Labute approximate surface area is 156 Å². The molecule has 0 spiro atoms. The molecular weight excluding hydrogens is 330 g/mol. The van der Waals surface area contributed by atoms with Crippen molar-refractivity contribution >= 4 is 12.2 Å². The molecule has 1 saturated heterocycles. The van der Waals surface area contributed by atoms with Crippen LogP contribution in [-0.4, -0.2) is 42.9 Å². The SMILES string of the molecule is C=Cc1ccc(OCC2CCN(C(=O)OC(C)(C)C)CC2)c(OCC)c1. The lowest BCUT2D eigenvalue weighted by atomic mass is 9.98. The Hall–Kier alpha value is -2.17. The average Bonchev–Trinajstić information content (AvgIpc) is 2.60. The molecule has 26 heavy (non-hydrogen) atoms.